The number of aryl methyl sites for hydroxylation is 4. The second-order valence-corrected chi connectivity index (χ2v) is 11.4. The lowest BCUT2D eigenvalue weighted by Crippen LogP contribution is -1.92. The molecule has 0 radical (unpaired) electrons. The zero-order chi connectivity index (χ0) is 33.0. The quantitative estimate of drug-likeness (QED) is 0.193. The fourth-order valence-electron chi connectivity index (χ4n) is 5.31. The molecule has 0 aliphatic carbocycles. The Hall–Kier alpha value is -6.42. The van der Waals surface area contributed by atoms with Gasteiger partial charge in [0.05, 0.1) is 11.4 Å². The van der Waals surface area contributed by atoms with Gasteiger partial charge in [0.25, 0.3) is 0 Å². The molecule has 236 valence electrons. The lowest BCUT2D eigenvalue weighted by atomic mass is 10.2. The van der Waals surface area contributed by atoms with E-state index in [1.165, 1.54) is 0 Å². The second-order valence-electron chi connectivity index (χ2n) is 11.4. The minimum atomic E-state index is 0.675. The van der Waals surface area contributed by atoms with E-state index in [4.69, 9.17) is 0 Å². The van der Waals surface area contributed by atoms with Crippen LogP contribution in [0.1, 0.15) is 34.6 Å². The Balaban J connectivity index is 0.000000152. The topological polar surface area (TPSA) is 96.0 Å². The van der Waals surface area contributed by atoms with Gasteiger partial charge in [-0.25, -0.2) is 29.0 Å². The van der Waals surface area contributed by atoms with Crippen molar-refractivity contribution in [1.29, 1.82) is 0 Å². The third-order valence-electron chi connectivity index (χ3n) is 7.87. The molecule has 8 rings (SSSR count). The summed E-state index contributed by atoms with van der Waals surface area (Å²) in [6.07, 6.45) is 13.6. The maximum Gasteiger partial charge on any atom is 0.175 e. The van der Waals surface area contributed by atoms with Gasteiger partial charge in [-0.1, -0.05) is 72.8 Å². The monoisotopic (exact) mass is 630 g/mol. The molecule has 0 unspecified atom stereocenters. The summed E-state index contributed by atoms with van der Waals surface area (Å²) >= 11 is 0. The molecule has 0 N–H and O–H groups in total. The van der Waals surface area contributed by atoms with Crippen LogP contribution in [0.2, 0.25) is 0 Å². The molecule has 48 heavy (non-hydrogen) atoms. The van der Waals surface area contributed by atoms with Crippen molar-refractivity contribution in [2.45, 2.75) is 13.8 Å². The number of hydrogen-bond donors (Lipinski definition) is 0. The summed E-state index contributed by atoms with van der Waals surface area (Å²) in [5.74, 6) is 3.08. The average molecular weight is 631 g/mol. The number of nitrogens with zero attached hydrogens (tertiary/aromatic N) is 10. The smallest absolute Gasteiger partial charge is 0.175 e. The maximum atomic E-state index is 4.68. The standard InChI is InChI=1S/2C19H17N5/c1-14-7-6-12-24-19(14)21-17(22-24)10-11-18-20-16(13-23(18)2)15-8-4-3-5-9-15;1-14-7-6-10-19-21-17(22-24(14)19)11-12-18-20-16(13-23(18)2)15-8-4-3-5-9-15/h2*3-13H,1-2H3. The zero-order valence-corrected chi connectivity index (χ0v) is 27.2. The molecular weight excluding hydrogens is 596 g/mol. The summed E-state index contributed by atoms with van der Waals surface area (Å²) < 4.78 is 7.64. The molecule has 0 bridgehead atoms. The Morgan fingerprint density at radius 3 is 1.69 bits per heavy atom. The van der Waals surface area contributed by atoms with Crippen LogP contribution in [0, 0.1) is 13.8 Å². The van der Waals surface area contributed by atoms with Crippen molar-refractivity contribution in [3.05, 3.63) is 144 Å². The van der Waals surface area contributed by atoms with Crippen LogP contribution in [-0.4, -0.2) is 48.3 Å². The van der Waals surface area contributed by atoms with E-state index in [2.05, 4.69) is 54.4 Å². The van der Waals surface area contributed by atoms with E-state index >= 15 is 0 Å². The van der Waals surface area contributed by atoms with Crippen molar-refractivity contribution in [2.24, 2.45) is 14.1 Å². The Labute approximate surface area is 278 Å². The van der Waals surface area contributed by atoms with Gasteiger partial charge >= 0.3 is 0 Å². The third kappa shape index (κ3) is 6.45. The molecule has 0 fully saturated rings. The van der Waals surface area contributed by atoms with Gasteiger partial charge in [0.2, 0.25) is 0 Å². The molecule has 10 nitrogen and oxygen atoms in total. The number of aromatic nitrogens is 10. The Bertz CT molecular complexity index is 2220. The Morgan fingerprint density at radius 1 is 0.542 bits per heavy atom. The molecule has 0 amide bonds. The van der Waals surface area contributed by atoms with Gasteiger partial charge in [0, 0.05) is 49.5 Å². The van der Waals surface area contributed by atoms with E-state index in [1.807, 2.05) is 151 Å². The second kappa shape index (κ2) is 13.1. The van der Waals surface area contributed by atoms with Crippen molar-refractivity contribution in [3.8, 4) is 22.5 Å². The summed E-state index contributed by atoms with van der Waals surface area (Å²) in [7, 11) is 3.97. The van der Waals surface area contributed by atoms with Crippen molar-refractivity contribution in [3.63, 3.8) is 0 Å². The molecule has 0 spiro atoms. The molecule has 0 saturated heterocycles. The molecule has 8 aromatic rings. The summed E-state index contributed by atoms with van der Waals surface area (Å²) in [6.45, 7) is 4.04. The summed E-state index contributed by atoms with van der Waals surface area (Å²) in [5.41, 5.74) is 8.01. The first-order valence-corrected chi connectivity index (χ1v) is 15.6. The van der Waals surface area contributed by atoms with Gasteiger partial charge < -0.3 is 9.13 Å². The highest BCUT2D eigenvalue weighted by atomic mass is 15.3. The molecule has 0 aliphatic rings. The van der Waals surface area contributed by atoms with Crippen LogP contribution in [0.5, 0.6) is 0 Å². The van der Waals surface area contributed by atoms with Gasteiger partial charge in [-0.3, -0.25) is 0 Å². The largest absolute Gasteiger partial charge is 0.334 e. The fraction of sp³-hybridized carbons (Fsp3) is 0.105. The predicted octanol–water partition coefficient (Wildman–Crippen LogP) is 7.22. The average Bonchev–Trinajstić information content (AvgIpc) is 3.90. The zero-order valence-electron chi connectivity index (χ0n) is 27.2. The Morgan fingerprint density at radius 2 is 1.12 bits per heavy atom. The van der Waals surface area contributed by atoms with Gasteiger partial charge in [-0.05, 0) is 61.9 Å². The van der Waals surface area contributed by atoms with Gasteiger partial charge in [-0.2, -0.15) is 0 Å². The number of pyridine rings is 2. The molecule has 6 aromatic heterocycles. The van der Waals surface area contributed by atoms with E-state index in [0.29, 0.717) is 11.6 Å². The highest BCUT2D eigenvalue weighted by Gasteiger charge is 2.08. The molecule has 6 heterocycles. The van der Waals surface area contributed by atoms with Gasteiger partial charge in [0.1, 0.15) is 11.6 Å². The van der Waals surface area contributed by atoms with Crippen molar-refractivity contribution >= 4 is 35.6 Å². The van der Waals surface area contributed by atoms with Crippen LogP contribution in [0.4, 0.5) is 0 Å². The third-order valence-corrected chi connectivity index (χ3v) is 7.87. The lowest BCUT2D eigenvalue weighted by Gasteiger charge is -1.93. The highest BCUT2D eigenvalue weighted by molar-refractivity contribution is 5.68. The first-order valence-electron chi connectivity index (χ1n) is 15.6. The minimum absolute atomic E-state index is 0.675. The fourth-order valence-corrected chi connectivity index (χ4v) is 5.31. The first-order chi connectivity index (χ1) is 23.4. The molecular formula is C38H34N10. The van der Waals surface area contributed by atoms with Crippen LogP contribution in [-0.2, 0) is 14.1 Å². The number of rotatable bonds is 6. The normalized spacial score (nSPS) is 11.6. The maximum absolute atomic E-state index is 4.68. The summed E-state index contributed by atoms with van der Waals surface area (Å²) in [5, 5.41) is 8.97. The van der Waals surface area contributed by atoms with Crippen molar-refractivity contribution in [1.82, 2.24) is 48.3 Å². The van der Waals surface area contributed by atoms with Crippen molar-refractivity contribution < 1.29 is 0 Å². The van der Waals surface area contributed by atoms with Gasteiger partial charge in [0.15, 0.2) is 22.9 Å². The summed E-state index contributed by atoms with van der Waals surface area (Å²) in [6, 6.07) is 30.3. The SMILES string of the molecule is Cc1cccc2nc(C=Cc3nc(-c4ccccc4)cn3C)nn12.Cc1cccn2nc(C=Cc3nc(-c4ccccc4)cn3C)nc12. The van der Waals surface area contributed by atoms with Crippen molar-refractivity contribution in [2.75, 3.05) is 0 Å². The minimum Gasteiger partial charge on any atom is -0.334 e. The first kappa shape index (κ1) is 30.2. The van der Waals surface area contributed by atoms with E-state index in [9.17, 15) is 0 Å². The number of benzene rings is 2. The predicted molar refractivity (Wildman–Crippen MR) is 191 cm³/mol. The summed E-state index contributed by atoms with van der Waals surface area (Å²) in [4.78, 5) is 18.4. The highest BCUT2D eigenvalue weighted by Crippen LogP contribution is 2.20. The van der Waals surface area contributed by atoms with Crippen LogP contribution in [0.25, 0.3) is 58.1 Å². The molecule has 2 aromatic carbocycles. The van der Waals surface area contributed by atoms with Crippen LogP contribution < -0.4 is 0 Å². The molecule has 0 atom stereocenters. The Kier molecular flexibility index (Phi) is 8.27. The van der Waals surface area contributed by atoms with Crippen LogP contribution in [0.3, 0.4) is 0 Å². The molecule has 10 heteroatoms. The van der Waals surface area contributed by atoms with E-state index < -0.39 is 0 Å². The van der Waals surface area contributed by atoms with Crippen LogP contribution in [0.15, 0.2) is 110 Å². The molecule has 0 saturated carbocycles. The van der Waals surface area contributed by atoms with E-state index in [1.54, 1.807) is 4.52 Å². The van der Waals surface area contributed by atoms with E-state index in [0.717, 1.165) is 56.7 Å². The number of hydrogen-bond acceptors (Lipinski definition) is 6. The van der Waals surface area contributed by atoms with Crippen LogP contribution >= 0.6 is 0 Å². The lowest BCUT2D eigenvalue weighted by molar-refractivity contribution is 0.896. The molecule has 0 aliphatic heterocycles. The van der Waals surface area contributed by atoms with Gasteiger partial charge in [-0.15, -0.1) is 10.2 Å². The number of imidazole rings is 2. The van der Waals surface area contributed by atoms with E-state index in [-0.39, 0.29) is 0 Å². The number of fused-ring (bicyclic) bond motifs is 2.